The predicted octanol–water partition coefficient (Wildman–Crippen LogP) is 5.15. The minimum atomic E-state index is -0.370. The first-order valence-corrected chi connectivity index (χ1v) is 12.6. The van der Waals surface area contributed by atoms with Crippen LogP contribution in [-0.2, 0) is 4.79 Å². The Morgan fingerprint density at radius 1 is 1.15 bits per heavy atom. The summed E-state index contributed by atoms with van der Waals surface area (Å²) in [6.07, 6.45) is 6.93. The van der Waals surface area contributed by atoms with Crippen LogP contribution in [0.3, 0.4) is 0 Å². The first-order chi connectivity index (χ1) is 16.4. The Bertz CT molecular complexity index is 1010. The molecule has 0 radical (unpaired) electrons. The normalized spacial score (nSPS) is 25.5. The van der Waals surface area contributed by atoms with Gasteiger partial charge in [0.25, 0.3) is 0 Å². The molecular formula is C27H32Cl2N2O3. The van der Waals surface area contributed by atoms with Crippen molar-refractivity contribution in [1.29, 1.82) is 0 Å². The first-order valence-electron chi connectivity index (χ1n) is 11.9. The van der Waals surface area contributed by atoms with Crippen LogP contribution in [0.25, 0.3) is 6.08 Å². The molecule has 1 amide bonds. The van der Waals surface area contributed by atoms with Crippen LogP contribution in [0, 0.1) is 5.92 Å². The van der Waals surface area contributed by atoms with Crippen LogP contribution in [0.2, 0.25) is 10.0 Å². The van der Waals surface area contributed by atoms with E-state index in [1.54, 1.807) is 31.4 Å². The van der Waals surface area contributed by atoms with Crippen molar-refractivity contribution in [1.82, 2.24) is 10.2 Å². The predicted molar refractivity (Wildman–Crippen MR) is 138 cm³/mol. The standard InChI is InChI=1S/C27H32Cl2N2O3/c1-34-22-8-5-20(6-9-22)23-12-13-31(17-26(23)32)16-19-2-7-21(14-19)30-27(33)11-4-18-3-10-24(28)25(29)15-18/h3-6,8-11,15,19,21,23,26,32H,2,7,12-14,16-17H2,1H3,(H,30,33)/b11-4+/t19-,21+,23+,26+/m1/s1. The number of hydrogen-bond donors (Lipinski definition) is 2. The van der Waals surface area contributed by atoms with Gasteiger partial charge in [0.2, 0.25) is 5.91 Å². The number of piperidine rings is 1. The highest BCUT2D eigenvalue weighted by molar-refractivity contribution is 6.42. The fourth-order valence-electron chi connectivity index (χ4n) is 5.18. The van der Waals surface area contributed by atoms with Gasteiger partial charge in [-0.15, -0.1) is 0 Å². The van der Waals surface area contributed by atoms with Gasteiger partial charge in [-0.05, 0) is 79.6 Å². The minimum absolute atomic E-state index is 0.0903. The quantitative estimate of drug-likeness (QED) is 0.513. The molecule has 1 heterocycles. The third-order valence-corrected chi connectivity index (χ3v) is 7.72. The monoisotopic (exact) mass is 502 g/mol. The lowest BCUT2D eigenvalue weighted by atomic mass is 9.86. The second kappa shape index (κ2) is 11.6. The lowest BCUT2D eigenvalue weighted by molar-refractivity contribution is -0.117. The van der Waals surface area contributed by atoms with Crippen LogP contribution in [0.5, 0.6) is 5.75 Å². The van der Waals surface area contributed by atoms with Gasteiger partial charge >= 0.3 is 0 Å². The molecule has 2 N–H and O–H groups in total. The van der Waals surface area contributed by atoms with E-state index in [2.05, 4.69) is 22.3 Å². The molecule has 0 spiro atoms. The molecule has 1 saturated heterocycles. The van der Waals surface area contributed by atoms with Crippen molar-refractivity contribution in [2.24, 2.45) is 5.92 Å². The Morgan fingerprint density at radius 2 is 1.94 bits per heavy atom. The Morgan fingerprint density at radius 3 is 2.65 bits per heavy atom. The number of β-amino-alcohol motifs (C(OH)–C–C–N with tert-alkyl or cyclic N) is 1. The van der Waals surface area contributed by atoms with Crippen LogP contribution in [0.4, 0.5) is 0 Å². The van der Waals surface area contributed by atoms with E-state index in [0.717, 1.165) is 50.1 Å². The van der Waals surface area contributed by atoms with Crippen LogP contribution in [0.1, 0.15) is 42.7 Å². The molecule has 0 unspecified atom stereocenters. The highest BCUT2D eigenvalue weighted by Crippen LogP contribution is 2.32. The maximum atomic E-state index is 12.4. The van der Waals surface area contributed by atoms with Gasteiger partial charge in [-0.3, -0.25) is 4.79 Å². The maximum absolute atomic E-state index is 12.4. The fraction of sp³-hybridized carbons (Fsp3) is 0.444. The number of aliphatic hydroxyl groups is 1. The molecule has 2 aromatic rings. The number of nitrogens with zero attached hydrogens (tertiary/aromatic N) is 1. The molecule has 4 rings (SSSR count). The Balaban J connectivity index is 1.21. The third-order valence-electron chi connectivity index (χ3n) is 6.98. The zero-order valence-corrected chi connectivity index (χ0v) is 20.9. The molecule has 34 heavy (non-hydrogen) atoms. The Kier molecular flexibility index (Phi) is 8.54. The van der Waals surface area contributed by atoms with Crippen LogP contribution in [0.15, 0.2) is 48.5 Å². The average molecular weight is 503 g/mol. The van der Waals surface area contributed by atoms with Crippen molar-refractivity contribution in [3.8, 4) is 5.75 Å². The van der Waals surface area contributed by atoms with Crippen LogP contribution >= 0.6 is 23.2 Å². The topological polar surface area (TPSA) is 61.8 Å². The van der Waals surface area contributed by atoms with Crippen LogP contribution < -0.4 is 10.1 Å². The zero-order chi connectivity index (χ0) is 24.1. The summed E-state index contributed by atoms with van der Waals surface area (Å²) in [6, 6.07) is 13.5. The number of nitrogens with one attached hydrogen (secondary N) is 1. The zero-order valence-electron chi connectivity index (χ0n) is 19.4. The Hall–Kier alpha value is -2.05. The second-order valence-electron chi connectivity index (χ2n) is 9.39. The number of likely N-dealkylation sites (tertiary alicyclic amines) is 1. The smallest absolute Gasteiger partial charge is 0.244 e. The molecular weight excluding hydrogens is 471 g/mol. The van der Waals surface area contributed by atoms with E-state index in [0.29, 0.717) is 22.5 Å². The summed E-state index contributed by atoms with van der Waals surface area (Å²) in [5.74, 6) is 1.45. The molecule has 4 atom stereocenters. The molecule has 7 heteroatoms. The van der Waals surface area contributed by atoms with Gasteiger partial charge in [0.15, 0.2) is 0 Å². The number of carbonyl (C=O) groups is 1. The molecule has 1 aliphatic carbocycles. The van der Waals surface area contributed by atoms with E-state index in [1.807, 2.05) is 18.2 Å². The second-order valence-corrected chi connectivity index (χ2v) is 10.2. The van der Waals surface area contributed by atoms with Crippen molar-refractivity contribution in [2.45, 2.75) is 43.7 Å². The lowest BCUT2D eigenvalue weighted by Gasteiger charge is -2.37. The molecule has 0 aromatic heterocycles. The number of hydrogen-bond acceptors (Lipinski definition) is 4. The van der Waals surface area contributed by atoms with Gasteiger partial charge in [-0.25, -0.2) is 0 Å². The van der Waals surface area contributed by atoms with Crippen molar-refractivity contribution >= 4 is 35.2 Å². The van der Waals surface area contributed by atoms with E-state index >= 15 is 0 Å². The number of rotatable bonds is 7. The molecule has 2 aromatic carbocycles. The summed E-state index contributed by atoms with van der Waals surface area (Å²) in [6.45, 7) is 2.64. The molecule has 1 aliphatic heterocycles. The molecule has 2 aliphatic rings. The highest BCUT2D eigenvalue weighted by atomic mass is 35.5. The number of ether oxygens (including phenoxy) is 1. The number of aliphatic hydroxyl groups excluding tert-OH is 1. The summed E-state index contributed by atoms with van der Waals surface area (Å²) in [7, 11) is 1.66. The summed E-state index contributed by atoms with van der Waals surface area (Å²) in [5, 5.41) is 14.9. The number of halogens is 2. The van der Waals surface area contributed by atoms with Gasteiger partial charge in [-0.1, -0.05) is 41.4 Å². The summed E-state index contributed by atoms with van der Waals surface area (Å²) >= 11 is 12.0. The van der Waals surface area contributed by atoms with E-state index in [1.165, 1.54) is 5.56 Å². The third kappa shape index (κ3) is 6.54. The Labute approximate surface area is 211 Å². The number of methoxy groups -OCH3 is 1. The van der Waals surface area contributed by atoms with E-state index in [4.69, 9.17) is 27.9 Å². The van der Waals surface area contributed by atoms with Gasteiger partial charge in [0, 0.05) is 31.1 Å². The summed E-state index contributed by atoms with van der Waals surface area (Å²) < 4.78 is 5.24. The number of benzene rings is 2. The van der Waals surface area contributed by atoms with Crippen LogP contribution in [-0.4, -0.2) is 54.8 Å². The summed E-state index contributed by atoms with van der Waals surface area (Å²) in [4.78, 5) is 14.7. The SMILES string of the molecule is COc1ccc([C@@H]2CCN(C[C@@H]3CC[C@H](NC(=O)/C=C/c4ccc(Cl)c(Cl)c4)C3)C[C@@H]2O)cc1. The van der Waals surface area contributed by atoms with Crippen molar-refractivity contribution in [2.75, 3.05) is 26.7 Å². The molecule has 182 valence electrons. The largest absolute Gasteiger partial charge is 0.497 e. The van der Waals surface area contributed by atoms with E-state index in [9.17, 15) is 9.90 Å². The first kappa shape index (κ1) is 25.1. The maximum Gasteiger partial charge on any atom is 0.244 e. The highest BCUT2D eigenvalue weighted by Gasteiger charge is 2.32. The van der Waals surface area contributed by atoms with E-state index < -0.39 is 0 Å². The molecule has 1 saturated carbocycles. The van der Waals surface area contributed by atoms with Crippen molar-refractivity contribution in [3.05, 3.63) is 69.7 Å². The fourth-order valence-corrected chi connectivity index (χ4v) is 5.48. The molecule has 2 fully saturated rings. The van der Waals surface area contributed by atoms with Gasteiger partial charge in [0.1, 0.15) is 5.75 Å². The average Bonchev–Trinajstić information content (AvgIpc) is 3.26. The number of amides is 1. The minimum Gasteiger partial charge on any atom is -0.497 e. The van der Waals surface area contributed by atoms with Crippen molar-refractivity contribution in [3.63, 3.8) is 0 Å². The molecule has 5 nitrogen and oxygen atoms in total. The lowest BCUT2D eigenvalue weighted by Crippen LogP contribution is -2.44. The van der Waals surface area contributed by atoms with Gasteiger partial charge in [-0.2, -0.15) is 0 Å². The van der Waals surface area contributed by atoms with Gasteiger partial charge in [0.05, 0.1) is 23.3 Å². The number of carbonyl (C=O) groups excluding carboxylic acids is 1. The molecule has 0 bridgehead atoms. The van der Waals surface area contributed by atoms with E-state index in [-0.39, 0.29) is 24.0 Å². The van der Waals surface area contributed by atoms with Gasteiger partial charge < -0.3 is 20.1 Å². The van der Waals surface area contributed by atoms with Crippen molar-refractivity contribution < 1.29 is 14.6 Å². The summed E-state index contributed by atoms with van der Waals surface area (Å²) in [5.41, 5.74) is 2.01.